The highest BCUT2D eigenvalue weighted by atomic mass is 35.5. The van der Waals surface area contributed by atoms with Crippen LogP contribution < -0.4 is 5.32 Å². The number of aryl methyl sites for hydroxylation is 1. The van der Waals surface area contributed by atoms with Crippen LogP contribution in [0.15, 0.2) is 30.6 Å². The number of imidazole rings is 1. The van der Waals surface area contributed by atoms with Crippen molar-refractivity contribution in [3.8, 4) is 0 Å². The van der Waals surface area contributed by atoms with Gasteiger partial charge in [0, 0.05) is 31.3 Å². The number of aromatic nitrogens is 2. The number of carbonyl (C=O) groups is 1. The molecule has 1 N–H and O–H groups in total. The Hall–Kier alpha value is -2.02. The van der Waals surface area contributed by atoms with Gasteiger partial charge in [0.2, 0.25) is 5.91 Å². The standard InChI is InChI=1S/C15H13ClF3N3O/c16-11-2-1-10(15(17,18)19)8-12(11)21-14(23)9-3-5-22-6-4-20-13(22)7-9/h1-2,4,6,8-9H,3,5,7H2,(H,21,23). The van der Waals surface area contributed by atoms with Crippen LogP contribution in [0.2, 0.25) is 5.02 Å². The van der Waals surface area contributed by atoms with Gasteiger partial charge in [-0.05, 0) is 24.6 Å². The van der Waals surface area contributed by atoms with Crippen molar-refractivity contribution in [2.45, 2.75) is 25.6 Å². The molecule has 8 heteroatoms. The lowest BCUT2D eigenvalue weighted by Gasteiger charge is -2.23. The summed E-state index contributed by atoms with van der Waals surface area (Å²) in [6, 6.07) is 2.87. The molecule has 2 heterocycles. The molecule has 1 aliphatic rings. The molecule has 0 radical (unpaired) electrons. The number of rotatable bonds is 2. The third-order valence-corrected chi connectivity index (χ3v) is 4.20. The van der Waals surface area contributed by atoms with Gasteiger partial charge in [-0.3, -0.25) is 4.79 Å². The Kier molecular flexibility index (Phi) is 4.06. The molecule has 1 unspecified atom stereocenters. The van der Waals surface area contributed by atoms with Crippen LogP contribution in [0.4, 0.5) is 18.9 Å². The summed E-state index contributed by atoms with van der Waals surface area (Å²) in [5, 5.41) is 2.58. The molecule has 23 heavy (non-hydrogen) atoms. The second-order valence-electron chi connectivity index (χ2n) is 5.41. The molecule has 0 spiro atoms. The highest BCUT2D eigenvalue weighted by Gasteiger charge is 2.32. The third kappa shape index (κ3) is 3.34. The van der Waals surface area contributed by atoms with Crippen LogP contribution in [0.5, 0.6) is 0 Å². The van der Waals surface area contributed by atoms with Gasteiger partial charge < -0.3 is 9.88 Å². The van der Waals surface area contributed by atoms with Gasteiger partial charge >= 0.3 is 6.18 Å². The maximum atomic E-state index is 12.8. The normalized spacial score (nSPS) is 17.7. The number of nitrogens with zero attached hydrogens (tertiary/aromatic N) is 2. The largest absolute Gasteiger partial charge is 0.416 e. The Morgan fingerprint density at radius 3 is 2.91 bits per heavy atom. The molecular weight excluding hydrogens is 331 g/mol. The number of alkyl halides is 3. The monoisotopic (exact) mass is 343 g/mol. The van der Waals surface area contributed by atoms with Gasteiger partial charge in [0.05, 0.1) is 16.3 Å². The van der Waals surface area contributed by atoms with E-state index in [1.165, 1.54) is 0 Å². The van der Waals surface area contributed by atoms with Gasteiger partial charge in [-0.1, -0.05) is 11.6 Å². The summed E-state index contributed by atoms with van der Waals surface area (Å²) in [5.74, 6) is 0.113. The predicted octanol–water partition coefficient (Wildman–Crippen LogP) is 3.76. The van der Waals surface area contributed by atoms with Crippen molar-refractivity contribution in [1.29, 1.82) is 0 Å². The predicted molar refractivity (Wildman–Crippen MR) is 79.1 cm³/mol. The highest BCUT2D eigenvalue weighted by molar-refractivity contribution is 6.33. The van der Waals surface area contributed by atoms with Crippen molar-refractivity contribution < 1.29 is 18.0 Å². The number of carbonyl (C=O) groups excluding carboxylic acids is 1. The summed E-state index contributed by atoms with van der Waals surface area (Å²) < 4.78 is 40.2. The van der Waals surface area contributed by atoms with E-state index in [0.717, 1.165) is 24.0 Å². The Labute approximate surface area is 135 Å². The molecule has 2 aromatic rings. The average molecular weight is 344 g/mol. The first-order chi connectivity index (χ1) is 10.8. The van der Waals surface area contributed by atoms with E-state index in [1.807, 2.05) is 10.8 Å². The maximum absolute atomic E-state index is 12.8. The molecule has 0 aliphatic carbocycles. The lowest BCUT2D eigenvalue weighted by Crippen LogP contribution is -2.30. The SMILES string of the molecule is O=C(Nc1cc(C(F)(F)F)ccc1Cl)C1CCn2ccnc2C1. The number of hydrogen-bond donors (Lipinski definition) is 1. The van der Waals surface area contributed by atoms with E-state index in [1.54, 1.807) is 6.20 Å². The van der Waals surface area contributed by atoms with Crippen LogP contribution >= 0.6 is 11.6 Å². The fourth-order valence-electron chi connectivity index (χ4n) is 2.61. The van der Waals surface area contributed by atoms with Crippen molar-refractivity contribution in [3.63, 3.8) is 0 Å². The average Bonchev–Trinajstić information content (AvgIpc) is 2.95. The first-order valence-corrected chi connectivity index (χ1v) is 7.40. The van der Waals surface area contributed by atoms with E-state index in [4.69, 9.17) is 11.6 Å². The van der Waals surface area contributed by atoms with E-state index in [-0.39, 0.29) is 22.5 Å². The second kappa shape index (κ2) is 5.88. The van der Waals surface area contributed by atoms with Gasteiger partial charge in [-0.15, -0.1) is 0 Å². The minimum absolute atomic E-state index is 0.0274. The molecule has 1 aromatic heterocycles. The van der Waals surface area contributed by atoms with Crippen LogP contribution in [0, 0.1) is 5.92 Å². The van der Waals surface area contributed by atoms with Gasteiger partial charge in [-0.25, -0.2) is 4.98 Å². The van der Waals surface area contributed by atoms with Crippen LogP contribution in [0.1, 0.15) is 17.8 Å². The number of anilines is 1. The Morgan fingerprint density at radius 2 is 2.17 bits per heavy atom. The van der Waals surface area contributed by atoms with E-state index < -0.39 is 11.7 Å². The minimum Gasteiger partial charge on any atom is -0.335 e. The molecule has 0 bridgehead atoms. The van der Waals surface area contributed by atoms with Gasteiger partial charge in [0.25, 0.3) is 0 Å². The van der Waals surface area contributed by atoms with Crippen molar-refractivity contribution in [1.82, 2.24) is 9.55 Å². The number of nitrogens with one attached hydrogen (secondary N) is 1. The van der Waals surface area contributed by atoms with Crippen LogP contribution in [0.25, 0.3) is 0 Å². The van der Waals surface area contributed by atoms with Crippen molar-refractivity contribution >= 4 is 23.2 Å². The zero-order valence-corrected chi connectivity index (χ0v) is 12.7. The Bertz CT molecular complexity index is 742. The Balaban J connectivity index is 1.76. The number of hydrogen-bond acceptors (Lipinski definition) is 2. The number of fused-ring (bicyclic) bond motifs is 1. The van der Waals surface area contributed by atoms with E-state index in [0.29, 0.717) is 19.4 Å². The quantitative estimate of drug-likeness (QED) is 0.902. The van der Waals surface area contributed by atoms with Crippen molar-refractivity contribution in [2.24, 2.45) is 5.92 Å². The summed E-state index contributed by atoms with van der Waals surface area (Å²) in [5.41, 5.74) is -0.878. The van der Waals surface area contributed by atoms with E-state index >= 15 is 0 Å². The highest BCUT2D eigenvalue weighted by Crippen LogP contribution is 2.34. The van der Waals surface area contributed by atoms with E-state index in [2.05, 4.69) is 10.3 Å². The molecule has 1 aromatic carbocycles. The minimum atomic E-state index is -4.49. The smallest absolute Gasteiger partial charge is 0.335 e. The third-order valence-electron chi connectivity index (χ3n) is 3.87. The maximum Gasteiger partial charge on any atom is 0.416 e. The summed E-state index contributed by atoms with van der Waals surface area (Å²) in [4.78, 5) is 16.5. The van der Waals surface area contributed by atoms with Crippen molar-refractivity contribution in [2.75, 3.05) is 5.32 Å². The second-order valence-corrected chi connectivity index (χ2v) is 5.82. The van der Waals surface area contributed by atoms with Gasteiger partial charge in [-0.2, -0.15) is 13.2 Å². The summed E-state index contributed by atoms with van der Waals surface area (Å²) in [7, 11) is 0. The van der Waals surface area contributed by atoms with Gasteiger partial charge in [0.15, 0.2) is 0 Å². The summed E-state index contributed by atoms with van der Waals surface area (Å²) in [6.07, 6.45) is 0.0766. The van der Waals surface area contributed by atoms with Gasteiger partial charge in [0.1, 0.15) is 5.82 Å². The van der Waals surface area contributed by atoms with Crippen LogP contribution in [-0.2, 0) is 23.9 Å². The van der Waals surface area contributed by atoms with E-state index in [9.17, 15) is 18.0 Å². The number of benzene rings is 1. The topological polar surface area (TPSA) is 46.9 Å². The fourth-order valence-corrected chi connectivity index (χ4v) is 2.77. The number of amides is 1. The molecule has 3 rings (SSSR count). The molecule has 122 valence electrons. The lowest BCUT2D eigenvalue weighted by molar-refractivity contribution is -0.137. The fraction of sp³-hybridized carbons (Fsp3) is 0.333. The first kappa shape index (κ1) is 15.9. The summed E-state index contributed by atoms with van der Waals surface area (Å²) in [6.45, 7) is 0.656. The van der Waals surface area contributed by atoms with Crippen LogP contribution in [-0.4, -0.2) is 15.5 Å². The molecule has 0 fully saturated rings. The molecule has 4 nitrogen and oxygen atoms in total. The molecule has 1 amide bonds. The zero-order chi connectivity index (χ0) is 16.6. The first-order valence-electron chi connectivity index (χ1n) is 7.02. The Morgan fingerprint density at radius 1 is 1.39 bits per heavy atom. The lowest BCUT2D eigenvalue weighted by atomic mass is 9.96. The molecule has 0 saturated carbocycles. The summed E-state index contributed by atoms with van der Waals surface area (Å²) >= 11 is 5.89. The number of halogens is 4. The molecule has 1 atom stereocenters. The zero-order valence-electron chi connectivity index (χ0n) is 11.9. The molecule has 0 saturated heterocycles. The molecular formula is C15H13ClF3N3O. The van der Waals surface area contributed by atoms with Crippen molar-refractivity contribution in [3.05, 3.63) is 47.0 Å². The van der Waals surface area contributed by atoms with Crippen LogP contribution in [0.3, 0.4) is 0 Å². The molecule has 1 aliphatic heterocycles.